The maximum absolute atomic E-state index is 12.8. The van der Waals surface area contributed by atoms with Gasteiger partial charge < -0.3 is 9.97 Å². The van der Waals surface area contributed by atoms with Crippen LogP contribution in [0.3, 0.4) is 0 Å². The summed E-state index contributed by atoms with van der Waals surface area (Å²) in [6.07, 6.45) is 7.00. The van der Waals surface area contributed by atoms with Crippen molar-refractivity contribution in [3.05, 3.63) is 63.0 Å². The normalized spacial score (nSPS) is 18.5. The minimum absolute atomic E-state index is 0.0749. The van der Waals surface area contributed by atoms with Crippen LogP contribution < -0.4 is 5.56 Å². The number of hydrogen-bond donors (Lipinski definition) is 2. The highest BCUT2D eigenvalue weighted by Gasteiger charge is 2.25. The summed E-state index contributed by atoms with van der Waals surface area (Å²) >= 11 is 0. The second-order valence-electron chi connectivity index (χ2n) is 8.45. The van der Waals surface area contributed by atoms with Crippen LogP contribution in [0.2, 0.25) is 0 Å². The Kier molecular flexibility index (Phi) is 4.55. The van der Waals surface area contributed by atoms with Crippen LogP contribution in [-0.2, 0) is 19.5 Å². The van der Waals surface area contributed by atoms with Gasteiger partial charge in [-0.15, -0.1) is 0 Å². The molecule has 146 valence electrons. The summed E-state index contributed by atoms with van der Waals surface area (Å²) in [6.45, 7) is 4.63. The van der Waals surface area contributed by atoms with Crippen molar-refractivity contribution >= 4 is 10.9 Å². The Bertz CT molecular complexity index is 1060. The van der Waals surface area contributed by atoms with Crippen molar-refractivity contribution in [2.75, 3.05) is 6.54 Å². The topological polar surface area (TPSA) is 64.8 Å². The molecule has 0 atom stereocenters. The monoisotopic (exact) mass is 376 g/mol. The quantitative estimate of drug-likeness (QED) is 0.721. The fraction of sp³-hybridized carbons (Fsp3) is 0.478. The minimum Gasteiger partial charge on any atom is -0.358 e. The smallest absolute Gasteiger partial charge is 0.255 e. The van der Waals surface area contributed by atoms with Crippen LogP contribution in [0.25, 0.3) is 10.9 Å². The molecule has 0 bridgehead atoms. The van der Waals surface area contributed by atoms with Gasteiger partial charge in [-0.3, -0.25) is 9.69 Å². The number of H-pyrrole nitrogens is 2. The summed E-state index contributed by atoms with van der Waals surface area (Å²) in [6, 6.07) is 8.45. The molecule has 3 heterocycles. The van der Waals surface area contributed by atoms with Crippen LogP contribution in [0.15, 0.2) is 29.1 Å². The van der Waals surface area contributed by atoms with Crippen molar-refractivity contribution in [3.63, 3.8) is 0 Å². The Hall–Kier alpha value is -2.40. The molecule has 1 aromatic carbocycles. The Morgan fingerprint density at radius 3 is 2.82 bits per heavy atom. The molecular formula is C23H28N4O. The lowest BCUT2D eigenvalue weighted by Crippen LogP contribution is -2.36. The Morgan fingerprint density at radius 2 is 1.96 bits per heavy atom. The van der Waals surface area contributed by atoms with E-state index in [1.54, 1.807) is 0 Å². The summed E-state index contributed by atoms with van der Waals surface area (Å²) in [4.78, 5) is 26.7. The van der Waals surface area contributed by atoms with Gasteiger partial charge in [0.05, 0.1) is 11.3 Å². The van der Waals surface area contributed by atoms with Crippen molar-refractivity contribution in [2.45, 2.75) is 64.5 Å². The standard InChI is InChI=1S/C23H28N4O/c1-15-18(17-9-5-6-10-20(17)24-15)13-27-12-11-21-19(14-27)23(28)26-22(25-21)16-7-3-2-4-8-16/h5-6,9-10,16,24H,2-4,7-8,11-14H2,1H3,(H,25,26,28). The van der Waals surface area contributed by atoms with Crippen LogP contribution in [0.4, 0.5) is 0 Å². The molecule has 5 rings (SSSR count). The average molecular weight is 377 g/mol. The maximum Gasteiger partial charge on any atom is 0.255 e. The van der Waals surface area contributed by atoms with Crippen molar-refractivity contribution in [1.29, 1.82) is 0 Å². The molecule has 3 aromatic rings. The van der Waals surface area contributed by atoms with Gasteiger partial charge in [-0.2, -0.15) is 0 Å². The first kappa shape index (κ1) is 17.7. The minimum atomic E-state index is 0.0749. The average Bonchev–Trinajstić information content (AvgIpc) is 3.04. The lowest BCUT2D eigenvalue weighted by Gasteiger charge is -2.29. The van der Waals surface area contributed by atoms with Gasteiger partial charge in [-0.25, -0.2) is 4.98 Å². The number of nitrogens with zero attached hydrogens (tertiary/aromatic N) is 2. The summed E-state index contributed by atoms with van der Waals surface area (Å²) in [5.41, 5.74) is 5.70. The fourth-order valence-corrected chi connectivity index (χ4v) is 4.97. The Morgan fingerprint density at radius 1 is 1.14 bits per heavy atom. The molecule has 2 aromatic heterocycles. The maximum atomic E-state index is 12.8. The summed E-state index contributed by atoms with van der Waals surface area (Å²) in [5.74, 6) is 1.38. The number of para-hydroxylation sites is 1. The van der Waals surface area contributed by atoms with Gasteiger partial charge in [0.25, 0.3) is 5.56 Å². The number of hydrogen-bond acceptors (Lipinski definition) is 3. The third-order valence-electron chi connectivity index (χ3n) is 6.57. The Balaban J connectivity index is 1.39. The van der Waals surface area contributed by atoms with E-state index < -0.39 is 0 Å². The summed E-state index contributed by atoms with van der Waals surface area (Å²) in [7, 11) is 0. The van der Waals surface area contributed by atoms with E-state index in [-0.39, 0.29) is 5.56 Å². The van der Waals surface area contributed by atoms with E-state index >= 15 is 0 Å². The zero-order valence-corrected chi connectivity index (χ0v) is 16.6. The molecule has 0 saturated heterocycles. The lowest BCUT2D eigenvalue weighted by atomic mass is 9.88. The molecule has 0 radical (unpaired) electrons. The van der Waals surface area contributed by atoms with Crippen LogP contribution in [0.5, 0.6) is 0 Å². The second-order valence-corrected chi connectivity index (χ2v) is 8.45. The van der Waals surface area contributed by atoms with Crippen molar-refractivity contribution < 1.29 is 0 Å². The first-order chi connectivity index (χ1) is 13.7. The molecule has 0 unspecified atom stereocenters. The molecule has 1 aliphatic heterocycles. The van der Waals surface area contributed by atoms with Gasteiger partial charge in [0.2, 0.25) is 0 Å². The van der Waals surface area contributed by atoms with Gasteiger partial charge >= 0.3 is 0 Å². The molecule has 28 heavy (non-hydrogen) atoms. The zero-order valence-electron chi connectivity index (χ0n) is 16.6. The van der Waals surface area contributed by atoms with Crippen LogP contribution in [0, 0.1) is 6.92 Å². The van der Waals surface area contributed by atoms with Crippen LogP contribution in [-0.4, -0.2) is 26.4 Å². The van der Waals surface area contributed by atoms with E-state index in [0.717, 1.165) is 49.4 Å². The SMILES string of the molecule is Cc1[nH]c2ccccc2c1CN1CCc2nc(C3CCCCC3)[nH]c(=O)c2C1. The van der Waals surface area contributed by atoms with Crippen molar-refractivity contribution in [1.82, 2.24) is 19.9 Å². The molecule has 0 spiro atoms. The van der Waals surface area contributed by atoms with Gasteiger partial charge in [0.15, 0.2) is 0 Å². The van der Waals surface area contributed by atoms with E-state index in [1.165, 1.54) is 41.4 Å². The number of aromatic nitrogens is 3. The highest BCUT2D eigenvalue weighted by Crippen LogP contribution is 2.31. The van der Waals surface area contributed by atoms with Gasteiger partial charge in [0.1, 0.15) is 5.82 Å². The first-order valence-corrected chi connectivity index (χ1v) is 10.6. The molecule has 2 N–H and O–H groups in total. The predicted molar refractivity (Wildman–Crippen MR) is 112 cm³/mol. The molecule has 0 amide bonds. The van der Waals surface area contributed by atoms with E-state index in [0.29, 0.717) is 12.5 Å². The number of nitrogens with one attached hydrogen (secondary N) is 2. The summed E-state index contributed by atoms with van der Waals surface area (Å²) < 4.78 is 0. The molecular weight excluding hydrogens is 348 g/mol. The molecule has 5 heteroatoms. The largest absolute Gasteiger partial charge is 0.358 e. The number of aryl methyl sites for hydroxylation is 1. The van der Waals surface area contributed by atoms with E-state index in [1.807, 2.05) is 0 Å². The van der Waals surface area contributed by atoms with Crippen LogP contribution >= 0.6 is 0 Å². The number of benzene rings is 1. The number of rotatable bonds is 3. The fourth-order valence-electron chi connectivity index (χ4n) is 4.97. The van der Waals surface area contributed by atoms with Gasteiger partial charge in [0, 0.05) is 48.6 Å². The zero-order chi connectivity index (χ0) is 19.1. The Labute approximate surface area is 165 Å². The van der Waals surface area contributed by atoms with Gasteiger partial charge in [-0.05, 0) is 31.4 Å². The van der Waals surface area contributed by atoms with Crippen LogP contribution in [0.1, 0.15) is 66.4 Å². The second kappa shape index (κ2) is 7.21. The molecule has 1 aliphatic carbocycles. The number of fused-ring (bicyclic) bond motifs is 2. The summed E-state index contributed by atoms with van der Waals surface area (Å²) in [5, 5.41) is 1.28. The van der Waals surface area contributed by atoms with E-state index in [9.17, 15) is 4.79 Å². The third kappa shape index (κ3) is 3.18. The highest BCUT2D eigenvalue weighted by atomic mass is 16.1. The van der Waals surface area contributed by atoms with Gasteiger partial charge in [-0.1, -0.05) is 37.5 Å². The highest BCUT2D eigenvalue weighted by molar-refractivity contribution is 5.84. The molecule has 2 aliphatic rings. The van der Waals surface area contributed by atoms with E-state index in [4.69, 9.17) is 4.98 Å². The molecule has 5 nitrogen and oxygen atoms in total. The molecule has 1 saturated carbocycles. The van der Waals surface area contributed by atoms with Crippen molar-refractivity contribution in [2.24, 2.45) is 0 Å². The number of aromatic amines is 2. The lowest BCUT2D eigenvalue weighted by molar-refractivity contribution is 0.241. The predicted octanol–water partition coefficient (Wildman–Crippen LogP) is 4.17. The first-order valence-electron chi connectivity index (χ1n) is 10.6. The van der Waals surface area contributed by atoms with Crippen molar-refractivity contribution in [3.8, 4) is 0 Å². The molecule has 1 fully saturated rings. The third-order valence-corrected chi connectivity index (χ3v) is 6.57. The van der Waals surface area contributed by atoms with E-state index in [2.05, 4.69) is 46.1 Å².